The lowest BCUT2D eigenvalue weighted by Crippen LogP contribution is -2.06. The van der Waals surface area contributed by atoms with E-state index < -0.39 is 0 Å². The predicted molar refractivity (Wildman–Crippen MR) is 64.2 cm³/mol. The molecule has 0 aliphatic carbocycles. The monoisotopic (exact) mass is 242 g/mol. The van der Waals surface area contributed by atoms with Gasteiger partial charge in [-0.2, -0.15) is 15.0 Å². The number of nitrogens with one attached hydrogen (secondary N) is 1. The van der Waals surface area contributed by atoms with Crippen LogP contribution in [0.4, 0.5) is 5.95 Å². The Labute approximate surface area is 103 Å². The first-order valence-corrected chi connectivity index (χ1v) is 5.31. The smallest absolute Gasteiger partial charge is 0.240 e. The van der Waals surface area contributed by atoms with E-state index in [0.29, 0.717) is 17.7 Å². The van der Waals surface area contributed by atoms with E-state index in [1.807, 2.05) is 0 Å². The molecule has 3 rings (SSSR count). The molecule has 0 aliphatic heterocycles. The third-order valence-corrected chi connectivity index (χ3v) is 2.36. The Bertz CT molecular complexity index is 579. The van der Waals surface area contributed by atoms with Gasteiger partial charge in [-0.15, -0.1) is 0 Å². The highest BCUT2D eigenvalue weighted by atomic mass is 16.3. The summed E-state index contributed by atoms with van der Waals surface area (Å²) in [6.45, 7) is 0. The second-order valence-electron chi connectivity index (χ2n) is 3.51. The van der Waals surface area contributed by atoms with E-state index in [2.05, 4.69) is 25.3 Å². The molecule has 3 aromatic heterocycles. The van der Waals surface area contributed by atoms with Crippen molar-refractivity contribution in [2.75, 3.05) is 12.4 Å². The topological polar surface area (TPSA) is 81.7 Å². The number of anilines is 1. The number of aromatic nitrogens is 5. The van der Waals surface area contributed by atoms with Crippen molar-refractivity contribution in [3.05, 3.63) is 37.3 Å². The summed E-state index contributed by atoms with van der Waals surface area (Å²) in [5.41, 5.74) is 0.801. The van der Waals surface area contributed by atoms with Crippen molar-refractivity contribution in [3.63, 3.8) is 0 Å². The Kier molecular flexibility index (Phi) is 2.49. The Morgan fingerprint density at radius 1 is 1.28 bits per heavy atom. The number of hydrogen-bond acceptors (Lipinski definition) is 6. The van der Waals surface area contributed by atoms with Crippen molar-refractivity contribution >= 4 is 5.95 Å². The van der Waals surface area contributed by atoms with Crippen molar-refractivity contribution in [2.45, 2.75) is 0 Å². The minimum Gasteiger partial charge on any atom is -0.472 e. The van der Waals surface area contributed by atoms with Gasteiger partial charge >= 0.3 is 0 Å². The Hall–Kier alpha value is -2.70. The van der Waals surface area contributed by atoms with Crippen LogP contribution >= 0.6 is 0 Å². The highest BCUT2D eigenvalue weighted by Crippen LogP contribution is 2.17. The minimum absolute atomic E-state index is 0.491. The van der Waals surface area contributed by atoms with Crippen LogP contribution < -0.4 is 5.32 Å². The van der Waals surface area contributed by atoms with E-state index in [1.54, 1.807) is 48.9 Å². The van der Waals surface area contributed by atoms with E-state index in [0.717, 1.165) is 5.56 Å². The van der Waals surface area contributed by atoms with Gasteiger partial charge in [0.15, 0.2) is 5.82 Å². The molecule has 7 nitrogen and oxygen atoms in total. The average Bonchev–Trinajstić information content (AvgIpc) is 3.10. The summed E-state index contributed by atoms with van der Waals surface area (Å²) in [4.78, 5) is 16.9. The average molecular weight is 242 g/mol. The number of nitrogens with zero attached hydrogens (tertiary/aromatic N) is 5. The van der Waals surface area contributed by atoms with E-state index in [-0.39, 0.29) is 0 Å². The van der Waals surface area contributed by atoms with Gasteiger partial charge in [0.25, 0.3) is 0 Å². The molecular weight excluding hydrogens is 232 g/mol. The third-order valence-electron chi connectivity index (χ3n) is 2.36. The molecule has 0 saturated heterocycles. The van der Waals surface area contributed by atoms with Gasteiger partial charge in [-0.25, -0.2) is 4.98 Å². The van der Waals surface area contributed by atoms with Crippen molar-refractivity contribution in [3.8, 4) is 17.3 Å². The SMILES string of the molecule is CNc1nc(-c2ccoc2)nc(-n2ccnc2)n1. The van der Waals surface area contributed by atoms with Crippen LogP contribution in [0.3, 0.4) is 0 Å². The van der Waals surface area contributed by atoms with E-state index in [4.69, 9.17) is 4.42 Å². The van der Waals surface area contributed by atoms with Crippen LogP contribution in [0.5, 0.6) is 0 Å². The molecule has 3 aromatic rings. The molecule has 0 amide bonds. The molecule has 0 aliphatic rings. The first-order chi connectivity index (χ1) is 8.86. The maximum Gasteiger partial charge on any atom is 0.240 e. The maximum atomic E-state index is 5.03. The molecule has 0 aromatic carbocycles. The van der Waals surface area contributed by atoms with Crippen LogP contribution in [0.2, 0.25) is 0 Å². The predicted octanol–water partition coefficient (Wildman–Crippen LogP) is 1.36. The molecule has 7 heteroatoms. The van der Waals surface area contributed by atoms with Gasteiger partial charge in [0, 0.05) is 19.4 Å². The molecule has 0 fully saturated rings. The molecule has 3 heterocycles. The van der Waals surface area contributed by atoms with Crippen LogP contribution in [0, 0.1) is 0 Å². The normalized spacial score (nSPS) is 10.5. The molecule has 0 saturated carbocycles. The molecule has 0 unspecified atom stereocenters. The van der Waals surface area contributed by atoms with Crippen molar-refractivity contribution in [2.24, 2.45) is 0 Å². The molecule has 0 radical (unpaired) electrons. The van der Waals surface area contributed by atoms with Gasteiger partial charge in [0.1, 0.15) is 12.6 Å². The molecule has 0 atom stereocenters. The maximum absolute atomic E-state index is 5.03. The van der Waals surface area contributed by atoms with E-state index >= 15 is 0 Å². The molecule has 18 heavy (non-hydrogen) atoms. The van der Waals surface area contributed by atoms with Crippen LogP contribution in [-0.2, 0) is 0 Å². The highest BCUT2D eigenvalue weighted by molar-refractivity contribution is 5.54. The summed E-state index contributed by atoms with van der Waals surface area (Å²) in [5, 5.41) is 2.91. The van der Waals surface area contributed by atoms with E-state index in [1.165, 1.54) is 0 Å². The standard InChI is InChI=1S/C11H10N6O/c1-12-10-14-9(8-2-5-18-6-8)15-11(16-10)17-4-3-13-7-17/h2-7H,1H3,(H,12,14,15,16). The van der Waals surface area contributed by atoms with Crippen LogP contribution in [0.25, 0.3) is 17.3 Å². The second kappa shape index (κ2) is 4.28. The lowest BCUT2D eigenvalue weighted by molar-refractivity contribution is 0.568. The fourth-order valence-electron chi connectivity index (χ4n) is 1.49. The Morgan fingerprint density at radius 3 is 2.89 bits per heavy atom. The lowest BCUT2D eigenvalue weighted by atomic mass is 10.3. The molecule has 0 bridgehead atoms. The van der Waals surface area contributed by atoms with Gasteiger partial charge in [-0.05, 0) is 6.07 Å². The molecular formula is C11H10N6O. The van der Waals surface area contributed by atoms with E-state index in [9.17, 15) is 0 Å². The van der Waals surface area contributed by atoms with Crippen LogP contribution in [0.15, 0.2) is 41.7 Å². The van der Waals surface area contributed by atoms with Crippen LogP contribution in [-0.4, -0.2) is 31.6 Å². The fraction of sp³-hybridized carbons (Fsp3) is 0.0909. The first kappa shape index (κ1) is 10.5. The zero-order valence-corrected chi connectivity index (χ0v) is 9.61. The number of furan rings is 1. The summed E-state index contributed by atoms with van der Waals surface area (Å²) in [6, 6.07) is 1.80. The van der Waals surface area contributed by atoms with Crippen molar-refractivity contribution in [1.29, 1.82) is 0 Å². The van der Waals surface area contributed by atoms with Gasteiger partial charge in [0.05, 0.1) is 11.8 Å². The van der Waals surface area contributed by atoms with Gasteiger partial charge < -0.3 is 9.73 Å². The Balaban J connectivity index is 2.13. The quantitative estimate of drug-likeness (QED) is 0.746. The summed E-state index contributed by atoms with van der Waals surface area (Å²) in [6.07, 6.45) is 8.24. The zero-order chi connectivity index (χ0) is 12.4. The number of imidazole rings is 1. The lowest BCUT2D eigenvalue weighted by Gasteiger charge is -2.05. The molecule has 90 valence electrons. The summed E-state index contributed by atoms with van der Waals surface area (Å²) < 4.78 is 6.75. The third kappa shape index (κ3) is 1.81. The van der Waals surface area contributed by atoms with Crippen molar-refractivity contribution in [1.82, 2.24) is 24.5 Å². The highest BCUT2D eigenvalue weighted by Gasteiger charge is 2.09. The number of rotatable bonds is 3. The van der Waals surface area contributed by atoms with Gasteiger partial charge in [0.2, 0.25) is 11.9 Å². The second-order valence-corrected chi connectivity index (χ2v) is 3.51. The number of hydrogen-bond donors (Lipinski definition) is 1. The molecule has 1 N–H and O–H groups in total. The van der Waals surface area contributed by atoms with Gasteiger partial charge in [-0.1, -0.05) is 0 Å². The zero-order valence-electron chi connectivity index (χ0n) is 9.61. The minimum atomic E-state index is 0.491. The largest absolute Gasteiger partial charge is 0.472 e. The Morgan fingerprint density at radius 2 is 2.22 bits per heavy atom. The fourth-order valence-corrected chi connectivity index (χ4v) is 1.49. The first-order valence-electron chi connectivity index (χ1n) is 5.31. The molecule has 0 spiro atoms. The summed E-state index contributed by atoms with van der Waals surface area (Å²) >= 11 is 0. The summed E-state index contributed by atoms with van der Waals surface area (Å²) in [7, 11) is 1.76. The van der Waals surface area contributed by atoms with Gasteiger partial charge in [-0.3, -0.25) is 4.57 Å². The summed E-state index contributed by atoms with van der Waals surface area (Å²) in [5.74, 6) is 1.54. The van der Waals surface area contributed by atoms with Crippen molar-refractivity contribution < 1.29 is 4.42 Å². The van der Waals surface area contributed by atoms with Crippen LogP contribution in [0.1, 0.15) is 0 Å².